The molecule has 0 spiro atoms. The van der Waals surface area contributed by atoms with E-state index in [2.05, 4.69) is 20.7 Å². The fourth-order valence-corrected chi connectivity index (χ4v) is 4.20. The van der Waals surface area contributed by atoms with Gasteiger partial charge in [0.05, 0.1) is 16.1 Å². The summed E-state index contributed by atoms with van der Waals surface area (Å²) in [4.78, 5) is 11.3. The lowest BCUT2D eigenvalue weighted by Gasteiger charge is -2.13. The van der Waals surface area contributed by atoms with E-state index in [1.54, 1.807) is 24.3 Å². The van der Waals surface area contributed by atoms with Gasteiger partial charge in [0.15, 0.2) is 0 Å². The van der Waals surface area contributed by atoms with Crippen LogP contribution in [0.15, 0.2) is 70.0 Å². The molecule has 0 saturated heterocycles. The molecule has 0 heterocycles. The number of carbonyl (C=O) groups is 1. The zero-order valence-electron chi connectivity index (χ0n) is 12.2. The quantitative estimate of drug-likeness (QED) is 0.684. The Bertz CT molecular complexity index is 1050. The molecule has 0 amide bonds. The van der Waals surface area contributed by atoms with Crippen molar-refractivity contribution in [1.29, 1.82) is 0 Å². The smallest absolute Gasteiger partial charge is 0.337 e. The average molecular weight is 406 g/mol. The van der Waals surface area contributed by atoms with Gasteiger partial charge in [-0.15, -0.1) is 0 Å². The van der Waals surface area contributed by atoms with Gasteiger partial charge in [-0.2, -0.15) is 0 Å². The molecule has 2 N–H and O–H groups in total. The third-order valence-corrected chi connectivity index (χ3v) is 5.64. The number of para-hydroxylation sites is 1. The van der Waals surface area contributed by atoms with E-state index in [0.29, 0.717) is 5.39 Å². The third kappa shape index (κ3) is 3.00. The van der Waals surface area contributed by atoms with E-state index in [-0.39, 0.29) is 16.1 Å². The summed E-state index contributed by atoms with van der Waals surface area (Å²) in [6.07, 6.45) is 0. The van der Waals surface area contributed by atoms with E-state index < -0.39 is 16.0 Å². The van der Waals surface area contributed by atoms with Crippen molar-refractivity contribution in [2.24, 2.45) is 0 Å². The van der Waals surface area contributed by atoms with Crippen molar-refractivity contribution in [3.05, 3.63) is 70.7 Å². The largest absolute Gasteiger partial charge is 0.478 e. The van der Waals surface area contributed by atoms with Crippen LogP contribution in [-0.4, -0.2) is 19.5 Å². The summed E-state index contributed by atoms with van der Waals surface area (Å²) < 4.78 is 28.7. The number of carboxylic acids is 1. The SMILES string of the molecule is O=C(O)c1ccccc1NS(=O)(=O)c1ccc(Br)c2ccccc12. The Labute approximate surface area is 147 Å². The number of anilines is 1. The summed E-state index contributed by atoms with van der Waals surface area (Å²) in [6, 6.07) is 16.1. The Hall–Kier alpha value is -2.38. The van der Waals surface area contributed by atoms with E-state index in [0.717, 1.165) is 9.86 Å². The average Bonchev–Trinajstić information content (AvgIpc) is 2.55. The van der Waals surface area contributed by atoms with Crippen LogP contribution >= 0.6 is 15.9 Å². The number of benzene rings is 3. The van der Waals surface area contributed by atoms with Gasteiger partial charge < -0.3 is 5.11 Å². The molecule has 122 valence electrons. The highest BCUT2D eigenvalue weighted by molar-refractivity contribution is 9.10. The summed E-state index contributed by atoms with van der Waals surface area (Å²) in [7, 11) is -3.95. The molecule has 5 nitrogen and oxygen atoms in total. The van der Waals surface area contributed by atoms with Crippen molar-refractivity contribution >= 4 is 48.4 Å². The third-order valence-electron chi connectivity index (χ3n) is 3.52. The fraction of sp³-hybridized carbons (Fsp3) is 0. The lowest BCUT2D eigenvalue weighted by atomic mass is 10.1. The monoisotopic (exact) mass is 405 g/mol. The molecule has 7 heteroatoms. The minimum atomic E-state index is -3.95. The van der Waals surface area contributed by atoms with Gasteiger partial charge >= 0.3 is 5.97 Å². The van der Waals surface area contributed by atoms with Gasteiger partial charge in [-0.05, 0) is 29.7 Å². The van der Waals surface area contributed by atoms with Crippen LogP contribution in [0, 0.1) is 0 Å². The molecule has 0 radical (unpaired) electrons. The number of rotatable bonds is 4. The van der Waals surface area contributed by atoms with E-state index >= 15 is 0 Å². The second kappa shape index (κ2) is 6.26. The predicted octanol–water partition coefficient (Wildman–Crippen LogP) is 4.10. The van der Waals surface area contributed by atoms with Crippen LogP contribution in [0.25, 0.3) is 10.8 Å². The van der Waals surface area contributed by atoms with Crippen molar-refractivity contribution in [1.82, 2.24) is 0 Å². The number of carboxylic acid groups (broad SMARTS) is 1. The van der Waals surface area contributed by atoms with Crippen molar-refractivity contribution in [3.8, 4) is 0 Å². The van der Waals surface area contributed by atoms with Crippen LogP contribution in [0.5, 0.6) is 0 Å². The van der Waals surface area contributed by atoms with Crippen molar-refractivity contribution < 1.29 is 18.3 Å². The number of sulfonamides is 1. The Kier molecular flexibility index (Phi) is 4.29. The van der Waals surface area contributed by atoms with Gasteiger partial charge in [0.25, 0.3) is 10.0 Å². The van der Waals surface area contributed by atoms with Crippen LogP contribution in [0.2, 0.25) is 0 Å². The minimum Gasteiger partial charge on any atom is -0.478 e. The van der Waals surface area contributed by atoms with Gasteiger partial charge in [0.1, 0.15) is 0 Å². The van der Waals surface area contributed by atoms with Gasteiger partial charge in [-0.25, -0.2) is 13.2 Å². The van der Waals surface area contributed by atoms with Gasteiger partial charge in [0.2, 0.25) is 0 Å². The molecule has 24 heavy (non-hydrogen) atoms. The molecule has 0 aromatic heterocycles. The van der Waals surface area contributed by atoms with Crippen molar-refractivity contribution in [2.45, 2.75) is 4.90 Å². The molecule has 0 aliphatic rings. The van der Waals surface area contributed by atoms with E-state index in [1.165, 1.54) is 24.3 Å². The standard InChI is InChI=1S/C17H12BrNO4S/c18-14-9-10-16(12-6-2-1-5-11(12)14)24(22,23)19-15-8-4-3-7-13(15)17(20)21/h1-10,19H,(H,20,21). The van der Waals surface area contributed by atoms with E-state index in [4.69, 9.17) is 0 Å². The molecule has 0 unspecified atom stereocenters. The number of hydrogen-bond donors (Lipinski definition) is 2. The van der Waals surface area contributed by atoms with Crippen LogP contribution in [-0.2, 0) is 10.0 Å². The first-order valence-electron chi connectivity index (χ1n) is 6.92. The lowest BCUT2D eigenvalue weighted by molar-refractivity contribution is 0.0698. The first kappa shape index (κ1) is 16.5. The summed E-state index contributed by atoms with van der Waals surface area (Å²) in [5.41, 5.74) is -0.0838. The first-order chi connectivity index (χ1) is 11.4. The van der Waals surface area contributed by atoms with Crippen molar-refractivity contribution in [2.75, 3.05) is 4.72 Å². The summed E-state index contributed by atoms with van der Waals surface area (Å²) in [5.74, 6) is -1.20. The molecule has 0 aliphatic heterocycles. The maximum atomic E-state index is 12.8. The van der Waals surface area contributed by atoms with Gasteiger partial charge in [-0.1, -0.05) is 52.3 Å². The summed E-state index contributed by atoms with van der Waals surface area (Å²) in [6.45, 7) is 0. The molecular weight excluding hydrogens is 394 g/mol. The first-order valence-corrected chi connectivity index (χ1v) is 9.20. The molecular formula is C17H12BrNO4S. The van der Waals surface area contributed by atoms with Crippen LogP contribution in [0.4, 0.5) is 5.69 Å². The highest BCUT2D eigenvalue weighted by atomic mass is 79.9. The minimum absolute atomic E-state index is 0.0250. The lowest BCUT2D eigenvalue weighted by Crippen LogP contribution is -2.16. The normalized spacial score (nSPS) is 11.4. The maximum Gasteiger partial charge on any atom is 0.337 e. The van der Waals surface area contributed by atoms with E-state index in [9.17, 15) is 18.3 Å². The van der Waals surface area contributed by atoms with Gasteiger partial charge in [0, 0.05) is 9.86 Å². The zero-order chi connectivity index (χ0) is 17.3. The Balaban J connectivity index is 2.14. The Morgan fingerprint density at radius 3 is 2.25 bits per heavy atom. The summed E-state index contributed by atoms with van der Waals surface area (Å²) in [5, 5.41) is 10.5. The molecule has 0 fully saturated rings. The number of hydrogen-bond acceptors (Lipinski definition) is 3. The number of aromatic carboxylic acids is 1. The highest BCUT2D eigenvalue weighted by Gasteiger charge is 2.21. The molecule has 0 saturated carbocycles. The molecule has 3 rings (SSSR count). The molecule has 3 aromatic rings. The fourth-order valence-electron chi connectivity index (χ4n) is 2.43. The molecule has 0 bridgehead atoms. The van der Waals surface area contributed by atoms with Crippen LogP contribution in [0.3, 0.4) is 0 Å². The highest BCUT2D eigenvalue weighted by Crippen LogP contribution is 2.31. The molecule has 0 atom stereocenters. The zero-order valence-corrected chi connectivity index (χ0v) is 14.6. The van der Waals surface area contributed by atoms with Crippen LogP contribution < -0.4 is 4.72 Å². The summed E-state index contributed by atoms with van der Waals surface area (Å²) >= 11 is 3.40. The van der Waals surface area contributed by atoms with Crippen molar-refractivity contribution in [3.63, 3.8) is 0 Å². The second-order valence-corrected chi connectivity index (χ2v) is 7.55. The number of fused-ring (bicyclic) bond motifs is 1. The van der Waals surface area contributed by atoms with Gasteiger partial charge in [-0.3, -0.25) is 4.72 Å². The Morgan fingerprint density at radius 1 is 0.917 bits per heavy atom. The second-order valence-electron chi connectivity index (χ2n) is 5.05. The maximum absolute atomic E-state index is 12.8. The Morgan fingerprint density at radius 2 is 1.54 bits per heavy atom. The molecule has 0 aliphatic carbocycles. The molecule has 3 aromatic carbocycles. The predicted molar refractivity (Wildman–Crippen MR) is 95.9 cm³/mol. The van der Waals surface area contributed by atoms with Crippen LogP contribution in [0.1, 0.15) is 10.4 Å². The van der Waals surface area contributed by atoms with E-state index in [1.807, 2.05) is 12.1 Å². The number of halogens is 1. The topological polar surface area (TPSA) is 83.5 Å². The number of nitrogens with one attached hydrogen (secondary N) is 1.